The van der Waals surface area contributed by atoms with Crippen molar-refractivity contribution in [1.29, 1.82) is 0 Å². The van der Waals surface area contributed by atoms with Gasteiger partial charge in [-0.25, -0.2) is 18.0 Å². The van der Waals surface area contributed by atoms with Gasteiger partial charge in [0, 0.05) is 18.9 Å². The van der Waals surface area contributed by atoms with Gasteiger partial charge in [-0.2, -0.15) is 4.31 Å². The Labute approximate surface area is 266 Å². The maximum atomic E-state index is 13.7. The monoisotopic (exact) mass is 653 g/mol. The summed E-state index contributed by atoms with van der Waals surface area (Å²) in [5.74, 6) is -2.59. The summed E-state index contributed by atoms with van der Waals surface area (Å²) in [6, 6.07) is 19.7. The number of carbonyl (C=O) groups is 4. The van der Waals surface area contributed by atoms with Crippen LogP contribution in [0.4, 0.5) is 4.79 Å². The van der Waals surface area contributed by atoms with E-state index >= 15 is 0 Å². The van der Waals surface area contributed by atoms with Gasteiger partial charge in [-0.05, 0) is 47.5 Å². The van der Waals surface area contributed by atoms with Crippen molar-refractivity contribution in [3.05, 3.63) is 95.6 Å². The number of aliphatic carboxylic acids is 1. The second-order valence-corrected chi connectivity index (χ2v) is 13.0. The number of carbonyl (C=O) groups excluding carboxylic acids is 3. The zero-order valence-corrected chi connectivity index (χ0v) is 26.2. The fraction of sp³-hybridized carbons (Fsp3) is 0.312. The van der Waals surface area contributed by atoms with Crippen LogP contribution in [0.2, 0.25) is 0 Å². The molecule has 1 aliphatic rings. The molecule has 0 bridgehead atoms. The van der Waals surface area contributed by atoms with E-state index in [2.05, 4.69) is 5.32 Å². The topological polar surface area (TPSA) is 192 Å². The molecule has 244 valence electrons. The molecule has 0 radical (unpaired) electrons. The minimum atomic E-state index is -4.04. The number of carboxylic acid groups (broad SMARTS) is 1. The Bertz CT molecular complexity index is 1690. The molecular formula is C32H35N3O10S. The average Bonchev–Trinajstić information content (AvgIpc) is 2.99. The third-order valence-corrected chi connectivity index (χ3v) is 9.00. The molecule has 1 aliphatic heterocycles. The van der Waals surface area contributed by atoms with Crippen LogP contribution in [0.3, 0.4) is 0 Å². The third kappa shape index (κ3) is 8.00. The quantitative estimate of drug-likeness (QED) is 0.182. The summed E-state index contributed by atoms with van der Waals surface area (Å²) in [4.78, 5) is 47.3. The van der Waals surface area contributed by atoms with Crippen LogP contribution in [0.1, 0.15) is 42.3 Å². The number of nitrogens with zero attached hydrogens (tertiary/aromatic N) is 1. The molecule has 1 fully saturated rings. The van der Waals surface area contributed by atoms with E-state index in [9.17, 15) is 32.7 Å². The van der Waals surface area contributed by atoms with Crippen LogP contribution >= 0.6 is 0 Å². The van der Waals surface area contributed by atoms with Crippen molar-refractivity contribution < 1.29 is 46.9 Å². The van der Waals surface area contributed by atoms with Crippen LogP contribution < -0.4 is 15.8 Å². The second kappa shape index (κ2) is 14.0. The normalized spacial score (nSPS) is 15.6. The molecule has 4 rings (SSSR count). The Morgan fingerprint density at radius 1 is 0.935 bits per heavy atom. The summed E-state index contributed by atoms with van der Waals surface area (Å²) in [6.07, 6.45) is -2.63. The van der Waals surface area contributed by atoms with Gasteiger partial charge < -0.3 is 30.4 Å². The molecule has 46 heavy (non-hydrogen) atoms. The van der Waals surface area contributed by atoms with Crippen molar-refractivity contribution in [2.75, 3.05) is 13.1 Å². The van der Waals surface area contributed by atoms with E-state index in [0.717, 1.165) is 5.56 Å². The van der Waals surface area contributed by atoms with Gasteiger partial charge in [-0.3, -0.25) is 9.59 Å². The maximum Gasteiger partial charge on any atom is 0.410 e. The average molecular weight is 654 g/mol. The highest BCUT2D eigenvalue weighted by Crippen LogP contribution is 2.40. The van der Waals surface area contributed by atoms with Crippen LogP contribution in [0.15, 0.2) is 83.8 Å². The van der Waals surface area contributed by atoms with Gasteiger partial charge in [0.15, 0.2) is 5.60 Å². The fourth-order valence-corrected chi connectivity index (χ4v) is 6.33. The zero-order chi connectivity index (χ0) is 33.6. The number of hydrogen-bond donors (Lipinski definition) is 3. The standard InChI is InChI=1S/C32H35N3O10S/c1-20(2)30(39)43-21(3)44-31(40)34-27(29(37)38)17-22-8-7-11-26(16-22)46(41,42)35-18-32(19-35,24-9-5-4-6-10-24)45-25-14-12-23(13-15-25)28(33)36/h4-16,20-21,27H,17-19H2,1-3H3,(H2,33,36)(H,34,40)(H,37,38). The van der Waals surface area contributed by atoms with Crippen molar-refractivity contribution >= 4 is 34.0 Å². The van der Waals surface area contributed by atoms with E-state index in [1.165, 1.54) is 47.6 Å². The highest BCUT2D eigenvalue weighted by molar-refractivity contribution is 7.89. The molecule has 13 nitrogen and oxygen atoms in total. The van der Waals surface area contributed by atoms with Crippen molar-refractivity contribution in [2.45, 2.75) is 50.0 Å². The number of sulfonamides is 1. The number of alkyl carbamates (subject to hydrolysis) is 1. The van der Waals surface area contributed by atoms with Gasteiger partial charge in [-0.15, -0.1) is 0 Å². The van der Waals surface area contributed by atoms with Gasteiger partial charge in [0.2, 0.25) is 22.2 Å². The smallest absolute Gasteiger partial charge is 0.410 e. The molecule has 0 aliphatic carbocycles. The Morgan fingerprint density at radius 3 is 2.17 bits per heavy atom. The number of hydrogen-bond acceptors (Lipinski definition) is 9. The van der Waals surface area contributed by atoms with Gasteiger partial charge in [0.05, 0.1) is 23.9 Å². The first-order chi connectivity index (χ1) is 21.7. The molecule has 2 unspecified atom stereocenters. The summed E-state index contributed by atoms with van der Waals surface area (Å²) in [6.45, 7) is 4.48. The number of benzene rings is 3. The van der Waals surface area contributed by atoms with Crippen molar-refractivity contribution in [2.24, 2.45) is 11.7 Å². The lowest BCUT2D eigenvalue weighted by Gasteiger charge is -2.48. The Morgan fingerprint density at radius 2 is 1.59 bits per heavy atom. The van der Waals surface area contributed by atoms with Crippen molar-refractivity contribution in [3.63, 3.8) is 0 Å². The number of nitrogens with two attached hydrogens (primary N) is 1. The lowest BCUT2D eigenvalue weighted by atomic mass is 9.87. The van der Waals surface area contributed by atoms with Gasteiger partial charge in [0.25, 0.3) is 0 Å². The van der Waals surface area contributed by atoms with Crippen LogP contribution in [0.25, 0.3) is 0 Å². The Kier molecular flexibility index (Phi) is 10.3. The number of carboxylic acids is 1. The third-order valence-electron chi connectivity index (χ3n) is 7.21. The summed E-state index contributed by atoms with van der Waals surface area (Å²) >= 11 is 0. The van der Waals surface area contributed by atoms with Crippen LogP contribution in [0, 0.1) is 5.92 Å². The minimum Gasteiger partial charge on any atom is -0.480 e. The number of rotatable bonds is 13. The van der Waals surface area contributed by atoms with E-state index in [4.69, 9.17) is 19.9 Å². The predicted octanol–water partition coefficient (Wildman–Crippen LogP) is 3.03. The summed E-state index contributed by atoms with van der Waals surface area (Å²) in [7, 11) is -4.04. The molecule has 1 saturated heterocycles. The number of amides is 2. The largest absolute Gasteiger partial charge is 0.480 e. The van der Waals surface area contributed by atoms with Gasteiger partial charge >= 0.3 is 18.0 Å². The summed E-state index contributed by atoms with van der Waals surface area (Å²) in [5.41, 5.74) is 5.70. The number of primary amides is 1. The van der Waals surface area contributed by atoms with Crippen molar-refractivity contribution in [3.8, 4) is 5.75 Å². The molecule has 0 aromatic heterocycles. The summed E-state index contributed by atoms with van der Waals surface area (Å²) < 4.78 is 44.8. The second-order valence-electron chi connectivity index (χ2n) is 11.1. The number of ether oxygens (including phenoxy) is 3. The molecule has 0 saturated carbocycles. The lowest BCUT2D eigenvalue weighted by molar-refractivity contribution is -0.169. The highest BCUT2D eigenvalue weighted by atomic mass is 32.2. The van der Waals surface area contributed by atoms with E-state index in [0.29, 0.717) is 16.9 Å². The molecule has 3 aromatic carbocycles. The van der Waals surface area contributed by atoms with Crippen LogP contribution in [-0.2, 0) is 41.1 Å². The van der Waals surface area contributed by atoms with E-state index in [1.807, 2.05) is 30.3 Å². The molecule has 2 atom stereocenters. The maximum absolute atomic E-state index is 13.7. The molecule has 14 heteroatoms. The lowest BCUT2D eigenvalue weighted by Crippen LogP contribution is -2.64. The molecular weight excluding hydrogens is 618 g/mol. The minimum absolute atomic E-state index is 0.0220. The predicted molar refractivity (Wildman–Crippen MR) is 164 cm³/mol. The first-order valence-corrected chi connectivity index (χ1v) is 15.8. The first kappa shape index (κ1) is 33.9. The number of nitrogens with one attached hydrogen (secondary N) is 1. The van der Waals surface area contributed by atoms with E-state index in [-0.39, 0.29) is 24.4 Å². The van der Waals surface area contributed by atoms with Crippen LogP contribution in [-0.4, -0.2) is 67.2 Å². The van der Waals surface area contributed by atoms with Gasteiger partial charge in [0.1, 0.15) is 11.8 Å². The molecule has 1 heterocycles. The molecule has 2 amide bonds. The Balaban J connectivity index is 1.47. The molecule has 3 aromatic rings. The highest BCUT2D eigenvalue weighted by Gasteiger charge is 2.52. The SMILES string of the molecule is CC(OC(=O)NC(Cc1cccc(S(=O)(=O)N2CC(Oc3ccc(C(N)=O)cc3)(c3ccccc3)C2)c1)C(=O)O)OC(=O)C(C)C. The summed E-state index contributed by atoms with van der Waals surface area (Å²) in [5, 5.41) is 11.9. The molecule has 4 N–H and O–H groups in total. The van der Waals surface area contributed by atoms with Gasteiger partial charge in [-0.1, -0.05) is 56.3 Å². The molecule has 0 spiro atoms. The van der Waals surface area contributed by atoms with Crippen molar-refractivity contribution in [1.82, 2.24) is 9.62 Å². The first-order valence-electron chi connectivity index (χ1n) is 14.3. The zero-order valence-electron chi connectivity index (χ0n) is 25.4. The fourth-order valence-electron chi connectivity index (χ4n) is 4.72. The number of esters is 1. The van der Waals surface area contributed by atoms with E-state index in [1.54, 1.807) is 26.0 Å². The Hall–Kier alpha value is -4.95. The van der Waals surface area contributed by atoms with E-state index < -0.39 is 57.8 Å². The van der Waals surface area contributed by atoms with Crippen LogP contribution in [0.5, 0.6) is 5.75 Å².